The van der Waals surface area contributed by atoms with E-state index in [1.54, 1.807) is 30.8 Å². The number of aromatic nitrogens is 1. The fraction of sp³-hybridized carbons (Fsp3) is 0.200. The average Bonchev–Trinajstić information content (AvgIpc) is 2.63. The van der Waals surface area contributed by atoms with Crippen molar-refractivity contribution in [3.8, 4) is 11.3 Å². The summed E-state index contributed by atoms with van der Waals surface area (Å²) in [7, 11) is 3.39. The summed E-state index contributed by atoms with van der Waals surface area (Å²) >= 11 is 6.18. The van der Waals surface area contributed by atoms with Crippen LogP contribution in [0.2, 0.25) is 5.02 Å². The van der Waals surface area contributed by atoms with Crippen molar-refractivity contribution in [3.63, 3.8) is 0 Å². The first-order chi connectivity index (χ1) is 12.0. The maximum absolute atomic E-state index is 12.8. The Balaban J connectivity index is 2.33. The van der Waals surface area contributed by atoms with Crippen molar-refractivity contribution in [2.75, 3.05) is 7.05 Å². The fourth-order valence-corrected chi connectivity index (χ4v) is 3.32. The molecule has 0 saturated heterocycles. The molecule has 5 heteroatoms. The molecule has 0 bridgehead atoms. The molecule has 0 unspecified atom stereocenters. The number of hydrogen-bond acceptors (Lipinski definition) is 2. The van der Waals surface area contributed by atoms with E-state index in [1.165, 1.54) is 0 Å². The molecule has 3 rings (SSSR count). The molecule has 0 atom stereocenters. The molecule has 1 heterocycles. The zero-order valence-corrected chi connectivity index (χ0v) is 14.9. The third-order valence-corrected chi connectivity index (χ3v) is 4.63. The van der Waals surface area contributed by atoms with Crippen LogP contribution in [0.1, 0.15) is 12.0 Å². The lowest BCUT2D eigenvalue weighted by Gasteiger charge is -2.17. The van der Waals surface area contributed by atoms with E-state index in [1.807, 2.05) is 36.4 Å². The minimum absolute atomic E-state index is 0.0388. The largest absolute Gasteiger partial charge is 0.359 e. The van der Waals surface area contributed by atoms with Gasteiger partial charge in [0.2, 0.25) is 5.91 Å². The Bertz CT molecular complexity index is 994. The lowest BCUT2D eigenvalue weighted by molar-refractivity contribution is -0.120. The Labute approximate surface area is 151 Å². The van der Waals surface area contributed by atoms with Gasteiger partial charge in [-0.2, -0.15) is 0 Å². The molecule has 0 spiro atoms. The summed E-state index contributed by atoms with van der Waals surface area (Å²) in [4.78, 5) is 24.6. The zero-order chi connectivity index (χ0) is 18.0. The molecular formula is C20H19ClN2O2. The quantitative estimate of drug-likeness (QED) is 0.779. The highest BCUT2D eigenvalue weighted by Crippen LogP contribution is 2.30. The van der Waals surface area contributed by atoms with Crippen LogP contribution >= 0.6 is 11.6 Å². The van der Waals surface area contributed by atoms with Crippen molar-refractivity contribution in [2.24, 2.45) is 7.05 Å². The van der Waals surface area contributed by atoms with Crippen LogP contribution in [0.3, 0.4) is 0 Å². The van der Waals surface area contributed by atoms with Crippen molar-refractivity contribution in [2.45, 2.75) is 12.8 Å². The topological polar surface area (TPSA) is 51.1 Å². The van der Waals surface area contributed by atoms with Crippen LogP contribution in [-0.2, 0) is 18.3 Å². The van der Waals surface area contributed by atoms with Crippen LogP contribution in [0, 0.1) is 0 Å². The van der Waals surface area contributed by atoms with Crippen LogP contribution in [0.25, 0.3) is 22.0 Å². The van der Waals surface area contributed by atoms with Crippen LogP contribution in [-0.4, -0.2) is 17.5 Å². The van der Waals surface area contributed by atoms with E-state index in [4.69, 9.17) is 11.6 Å². The molecule has 1 N–H and O–H groups in total. The molecular weight excluding hydrogens is 336 g/mol. The van der Waals surface area contributed by atoms with Gasteiger partial charge < -0.3 is 9.88 Å². The molecule has 4 nitrogen and oxygen atoms in total. The highest BCUT2D eigenvalue weighted by Gasteiger charge is 2.17. The number of nitrogens with zero attached hydrogens (tertiary/aromatic N) is 1. The van der Waals surface area contributed by atoms with Gasteiger partial charge in [0.15, 0.2) is 0 Å². The second-order valence-electron chi connectivity index (χ2n) is 5.92. The lowest BCUT2D eigenvalue weighted by Crippen LogP contribution is -2.22. The molecule has 1 aromatic heterocycles. The number of aryl methyl sites for hydroxylation is 1. The number of halogens is 1. The maximum atomic E-state index is 12.8. The first-order valence-corrected chi connectivity index (χ1v) is 8.48. The number of hydrogen-bond donors (Lipinski definition) is 1. The van der Waals surface area contributed by atoms with Gasteiger partial charge in [-0.3, -0.25) is 9.59 Å². The molecule has 25 heavy (non-hydrogen) atoms. The smallest absolute Gasteiger partial charge is 0.258 e. The van der Waals surface area contributed by atoms with Gasteiger partial charge in [0, 0.05) is 30.9 Å². The number of nitrogens with one attached hydrogen (secondary N) is 1. The second-order valence-corrected chi connectivity index (χ2v) is 6.36. The standard InChI is InChI=1S/C20H19ClN2O2/c1-22-18(24)11-10-15-17-12-14(21)8-9-16(17)20(25)23(2)19(15)13-6-4-3-5-7-13/h3-9,12H,10-11H2,1-2H3,(H,22,24). The van der Waals surface area contributed by atoms with E-state index in [0.29, 0.717) is 23.3 Å². The van der Waals surface area contributed by atoms with Gasteiger partial charge in [-0.25, -0.2) is 0 Å². The van der Waals surface area contributed by atoms with Gasteiger partial charge in [0.25, 0.3) is 5.56 Å². The van der Waals surface area contributed by atoms with E-state index in [2.05, 4.69) is 5.32 Å². The molecule has 0 radical (unpaired) electrons. The number of benzene rings is 2. The molecule has 3 aromatic rings. The Morgan fingerprint density at radius 1 is 1.12 bits per heavy atom. The number of carbonyl (C=O) groups excluding carboxylic acids is 1. The molecule has 128 valence electrons. The Kier molecular flexibility index (Phi) is 4.91. The van der Waals surface area contributed by atoms with Gasteiger partial charge in [0.1, 0.15) is 0 Å². The maximum Gasteiger partial charge on any atom is 0.258 e. The SMILES string of the molecule is CNC(=O)CCc1c(-c2ccccc2)n(C)c(=O)c2ccc(Cl)cc12. The number of amides is 1. The molecule has 0 aliphatic rings. The summed E-state index contributed by atoms with van der Waals surface area (Å²) in [6, 6.07) is 15.0. The van der Waals surface area contributed by atoms with Crippen molar-refractivity contribution in [1.82, 2.24) is 9.88 Å². The van der Waals surface area contributed by atoms with Gasteiger partial charge >= 0.3 is 0 Å². The van der Waals surface area contributed by atoms with Gasteiger partial charge in [-0.1, -0.05) is 41.9 Å². The Morgan fingerprint density at radius 3 is 2.52 bits per heavy atom. The summed E-state index contributed by atoms with van der Waals surface area (Å²) in [5, 5.41) is 4.63. The Morgan fingerprint density at radius 2 is 1.84 bits per heavy atom. The highest BCUT2D eigenvalue weighted by molar-refractivity contribution is 6.31. The summed E-state index contributed by atoms with van der Waals surface area (Å²) in [5.74, 6) is -0.0388. The number of fused-ring (bicyclic) bond motifs is 1. The van der Waals surface area contributed by atoms with Crippen molar-refractivity contribution < 1.29 is 4.79 Å². The fourth-order valence-electron chi connectivity index (χ4n) is 3.15. The van der Waals surface area contributed by atoms with E-state index in [-0.39, 0.29) is 11.5 Å². The lowest BCUT2D eigenvalue weighted by atomic mass is 9.95. The van der Waals surface area contributed by atoms with Crippen molar-refractivity contribution in [3.05, 3.63) is 69.5 Å². The first-order valence-electron chi connectivity index (χ1n) is 8.10. The minimum Gasteiger partial charge on any atom is -0.359 e. The predicted molar refractivity (Wildman–Crippen MR) is 102 cm³/mol. The predicted octanol–water partition coefficient (Wildman–Crippen LogP) is 3.54. The third-order valence-electron chi connectivity index (χ3n) is 4.39. The second kappa shape index (κ2) is 7.11. The molecule has 0 saturated carbocycles. The van der Waals surface area contributed by atoms with E-state index in [9.17, 15) is 9.59 Å². The monoisotopic (exact) mass is 354 g/mol. The number of pyridine rings is 1. The minimum atomic E-state index is -0.0748. The Hall–Kier alpha value is -2.59. The molecule has 2 aromatic carbocycles. The molecule has 1 amide bonds. The third kappa shape index (κ3) is 3.30. The molecule has 0 aliphatic carbocycles. The first kappa shape index (κ1) is 17.2. The molecule has 0 fully saturated rings. The number of carbonyl (C=O) groups is 1. The van der Waals surface area contributed by atoms with E-state index < -0.39 is 0 Å². The van der Waals surface area contributed by atoms with Crippen molar-refractivity contribution >= 4 is 28.3 Å². The van der Waals surface area contributed by atoms with Crippen molar-refractivity contribution in [1.29, 1.82) is 0 Å². The van der Waals surface area contributed by atoms with Gasteiger partial charge in [0.05, 0.1) is 5.69 Å². The summed E-state index contributed by atoms with van der Waals surface area (Å²) in [5.41, 5.74) is 2.64. The van der Waals surface area contributed by atoms with Crippen LogP contribution < -0.4 is 10.9 Å². The zero-order valence-electron chi connectivity index (χ0n) is 14.2. The van der Waals surface area contributed by atoms with Gasteiger partial charge in [-0.15, -0.1) is 0 Å². The summed E-state index contributed by atoms with van der Waals surface area (Å²) in [6.45, 7) is 0. The molecule has 0 aliphatic heterocycles. The van der Waals surface area contributed by atoms with E-state index in [0.717, 1.165) is 22.2 Å². The number of rotatable bonds is 4. The van der Waals surface area contributed by atoms with Crippen LogP contribution in [0.4, 0.5) is 0 Å². The average molecular weight is 355 g/mol. The van der Waals surface area contributed by atoms with Crippen LogP contribution in [0.5, 0.6) is 0 Å². The summed E-state index contributed by atoms with van der Waals surface area (Å²) < 4.78 is 1.66. The normalized spacial score (nSPS) is 10.8. The van der Waals surface area contributed by atoms with Gasteiger partial charge in [-0.05, 0) is 41.1 Å². The van der Waals surface area contributed by atoms with Crippen LogP contribution in [0.15, 0.2) is 53.3 Å². The summed E-state index contributed by atoms with van der Waals surface area (Å²) in [6.07, 6.45) is 0.866. The highest BCUT2D eigenvalue weighted by atomic mass is 35.5. The van der Waals surface area contributed by atoms with E-state index >= 15 is 0 Å².